The molecule has 2 aliphatic rings. The number of rotatable bonds is 4. The average molecular weight is 450 g/mol. The van der Waals surface area contributed by atoms with Crippen LogP contribution in [0.15, 0.2) is 42.7 Å². The van der Waals surface area contributed by atoms with E-state index in [2.05, 4.69) is 30.9 Å². The molecule has 1 aromatic carbocycles. The van der Waals surface area contributed by atoms with E-state index in [1.807, 2.05) is 4.90 Å². The van der Waals surface area contributed by atoms with Gasteiger partial charge in [0.05, 0.1) is 5.69 Å². The van der Waals surface area contributed by atoms with Crippen molar-refractivity contribution in [1.29, 1.82) is 0 Å². The second kappa shape index (κ2) is 9.17. The molecule has 0 saturated carbocycles. The summed E-state index contributed by atoms with van der Waals surface area (Å²) in [6.45, 7) is 4.74. The highest BCUT2D eigenvalue weighted by Crippen LogP contribution is 2.23. The summed E-state index contributed by atoms with van der Waals surface area (Å²) < 4.78 is 14.8. The molecule has 172 valence electrons. The second-order valence-corrected chi connectivity index (χ2v) is 8.61. The van der Waals surface area contributed by atoms with Crippen molar-refractivity contribution < 1.29 is 9.18 Å². The predicted molar refractivity (Wildman–Crippen MR) is 125 cm³/mol. The highest BCUT2D eigenvalue weighted by Gasteiger charge is 2.26. The van der Waals surface area contributed by atoms with Gasteiger partial charge in [-0.2, -0.15) is 5.10 Å². The van der Waals surface area contributed by atoms with Crippen LogP contribution in [0.4, 0.5) is 16.0 Å². The topological polar surface area (TPSA) is 70.4 Å². The first-order chi connectivity index (χ1) is 16.1. The number of hydrogen-bond donors (Lipinski definition) is 0. The van der Waals surface area contributed by atoms with Crippen molar-refractivity contribution in [2.75, 3.05) is 49.1 Å². The van der Waals surface area contributed by atoms with Crippen molar-refractivity contribution in [3.63, 3.8) is 0 Å². The Bertz CT molecular complexity index is 1120. The predicted octanol–water partition coefficient (Wildman–Crippen LogP) is 2.97. The number of piperazine rings is 1. The molecule has 0 radical (unpaired) electrons. The number of nitrogens with zero attached hydrogens (tertiary/aromatic N) is 7. The lowest BCUT2D eigenvalue weighted by Gasteiger charge is -2.36. The molecule has 3 aromatic rings. The molecule has 0 aliphatic carbocycles. The van der Waals surface area contributed by atoms with E-state index in [4.69, 9.17) is 0 Å². The SMILES string of the molecule is Cn1nc(-c2ccc(F)cc2)cc1C(=O)N1CCN(c2cc(N3CCCCC3)ncn2)CC1. The van der Waals surface area contributed by atoms with E-state index < -0.39 is 0 Å². The number of aromatic nitrogens is 4. The Balaban J connectivity index is 1.24. The number of carbonyl (C=O) groups is 1. The van der Waals surface area contributed by atoms with Crippen molar-refractivity contribution in [3.8, 4) is 11.3 Å². The van der Waals surface area contributed by atoms with Gasteiger partial charge in [-0.25, -0.2) is 14.4 Å². The Morgan fingerprint density at radius 3 is 2.15 bits per heavy atom. The van der Waals surface area contributed by atoms with Crippen molar-refractivity contribution in [2.24, 2.45) is 7.05 Å². The number of halogens is 1. The zero-order valence-electron chi connectivity index (χ0n) is 18.8. The van der Waals surface area contributed by atoms with Gasteiger partial charge >= 0.3 is 0 Å². The minimum absolute atomic E-state index is 0.0466. The third-order valence-corrected chi connectivity index (χ3v) is 6.45. The molecule has 2 aliphatic heterocycles. The van der Waals surface area contributed by atoms with Gasteiger partial charge in [0.2, 0.25) is 0 Å². The molecule has 2 fully saturated rings. The van der Waals surface area contributed by atoms with Crippen LogP contribution in [0.2, 0.25) is 0 Å². The molecular formula is C24H28FN7O. The van der Waals surface area contributed by atoms with Crippen LogP contribution >= 0.6 is 0 Å². The second-order valence-electron chi connectivity index (χ2n) is 8.61. The molecule has 4 heterocycles. The summed E-state index contributed by atoms with van der Waals surface area (Å²) in [4.78, 5) is 28.5. The number of aryl methyl sites for hydroxylation is 1. The third-order valence-electron chi connectivity index (χ3n) is 6.45. The molecule has 1 amide bonds. The Labute approximate surface area is 192 Å². The molecule has 0 atom stereocenters. The van der Waals surface area contributed by atoms with Gasteiger partial charge in [0.15, 0.2) is 0 Å². The first kappa shape index (κ1) is 21.4. The lowest BCUT2D eigenvalue weighted by atomic mass is 10.1. The van der Waals surface area contributed by atoms with Crippen LogP contribution in [-0.4, -0.2) is 69.8 Å². The molecule has 9 heteroatoms. The average Bonchev–Trinajstić information content (AvgIpc) is 3.26. The monoisotopic (exact) mass is 449 g/mol. The van der Waals surface area contributed by atoms with Crippen molar-refractivity contribution >= 4 is 17.5 Å². The fourth-order valence-corrected chi connectivity index (χ4v) is 4.54. The number of piperidine rings is 1. The number of anilines is 2. The normalized spacial score (nSPS) is 16.8. The number of carbonyl (C=O) groups excluding carboxylic acids is 1. The van der Waals surface area contributed by atoms with E-state index >= 15 is 0 Å². The Kier molecular flexibility index (Phi) is 5.93. The van der Waals surface area contributed by atoms with Gasteiger partial charge in [-0.3, -0.25) is 9.48 Å². The molecule has 8 nitrogen and oxygen atoms in total. The summed E-state index contributed by atoms with van der Waals surface area (Å²) in [6, 6.07) is 9.98. The highest BCUT2D eigenvalue weighted by atomic mass is 19.1. The van der Waals surface area contributed by atoms with Crippen LogP contribution in [0.1, 0.15) is 29.8 Å². The summed E-state index contributed by atoms with van der Waals surface area (Å²) in [6.07, 6.45) is 5.34. The number of amides is 1. The van der Waals surface area contributed by atoms with Gasteiger partial charge in [-0.1, -0.05) is 0 Å². The molecular weight excluding hydrogens is 421 g/mol. The van der Waals surface area contributed by atoms with E-state index in [1.54, 1.807) is 36.3 Å². The minimum Gasteiger partial charge on any atom is -0.356 e. The molecule has 0 spiro atoms. The van der Waals surface area contributed by atoms with Crippen LogP contribution < -0.4 is 9.80 Å². The van der Waals surface area contributed by atoms with E-state index in [0.717, 1.165) is 30.3 Å². The van der Waals surface area contributed by atoms with Crippen LogP contribution in [0, 0.1) is 5.82 Å². The largest absolute Gasteiger partial charge is 0.356 e. The van der Waals surface area contributed by atoms with Crippen LogP contribution in [-0.2, 0) is 7.05 Å². The summed E-state index contributed by atoms with van der Waals surface area (Å²) in [5, 5.41) is 4.46. The fraction of sp³-hybridized carbons (Fsp3) is 0.417. The fourth-order valence-electron chi connectivity index (χ4n) is 4.54. The van der Waals surface area contributed by atoms with Gasteiger partial charge in [-0.15, -0.1) is 0 Å². The molecule has 0 bridgehead atoms. The first-order valence-electron chi connectivity index (χ1n) is 11.5. The number of hydrogen-bond acceptors (Lipinski definition) is 6. The zero-order valence-corrected chi connectivity index (χ0v) is 18.8. The molecule has 2 aromatic heterocycles. The van der Waals surface area contributed by atoms with E-state index in [1.165, 1.54) is 31.4 Å². The molecule has 0 N–H and O–H groups in total. The maximum atomic E-state index is 13.2. The smallest absolute Gasteiger partial charge is 0.272 e. The van der Waals surface area contributed by atoms with Gasteiger partial charge < -0.3 is 14.7 Å². The quantitative estimate of drug-likeness (QED) is 0.610. The van der Waals surface area contributed by atoms with E-state index in [0.29, 0.717) is 37.6 Å². The number of benzene rings is 1. The Morgan fingerprint density at radius 1 is 0.848 bits per heavy atom. The summed E-state index contributed by atoms with van der Waals surface area (Å²) in [5.41, 5.74) is 1.96. The first-order valence-corrected chi connectivity index (χ1v) is 11.5. The molecule has 33 heavy (non-hydrogen) atoms. The third kappa shape index (κ3) is 4.53. The van der Waals surface area contributed by atoms with Gasteiger partial charge in [0, 0.05) is 57.9 Å². The van der Waals surface area contributed by atoms with Crippen molar-refractivity contribution in [1.82, 2.24) is 24.6 Å². The summed E-state index contributed by atoms with van der Waals surface area (Å²) >= 11 is 0. The lowest BCUT2D eigenvalue weighted by Crippen LogP contribution is -2.49. The maximum absolute atomic E-state index is 13.2. The molecule has 2 saturated heterocycles. The van der Waals surface area contributed by atoms with Crippen LogP contribution in [0.3, 0.4) is 0 Å². The van der Waals surface area contributed by atoms with Crippen molar-refractivity contribution in [3.05, 3.63) is 54.2 Å². The molecule has 0 unspecified atom stereocenters. The van der Waals surface area contributed by atoms with Gasteiger partial charge in [0.25, 0.3) is 5.91 Å². The minimum atomic E-state index is -0.296. The zero-order chi connectivity index (χ0) is 22.8. The van der Waals surface area contributed by atoms with Crippen LogP contribution in [0.25, 0.3) is 11.3 Å². The van der Waals surface area contributed by atoms with Gasteiger partial charge in [-0.05, 0) is 49.6 Å². The maximum Gasteiger partial charge on any atom is 0.272 e. The Morgan fingerprint density at radius 2 is 1.48 bits per heavy atom. The lowest BCUT2D eigenvalue weighted by molar-refractivity contribution is 0.0735. The van der Waals surface area contributed by atoms with Gasteiger partial charge in [0.1, 0.15) is 29.5 Å². The Hall–Kier alpha value is -3.49. The van der Waals surface area contributed by atoms with Crippen molar-refractivity contribution in [2.45, 2.75) is 19.3 Å². The van der Waals surface area contributed by atoms with E-state index in [9.17, 15) is 9.18 Å². The summed E-state index contributed by atoms with van der Waals surface area (Å²) in [5.74, 6) is 1.56. The van der Waals surface area contributed by atoms with E-state index in [-0.39, 0.29) is 11.7 Å². The molecule has 5 rings (SSSR count). The standard InChI is InChI=1S/C24H28FN7O/c1-29-21(15-20(28-29)18-5-7-19(25)8-6-18)24(33)32-13-11-31(12-14-32)23-16-22(26-17-27-23)30-9-3-2-4-10-30/h5-8,15-17H,2-4,9-14H2,1H3. The highest BCUT2D eigenvalue weighted by molar-refractivity contribution is 5.94. The summed E-state index contributed by atoms with van der Waals surface area (Å²) in [7, 11) is 1.76. The van der Waals surface area contributed by atoms with Crippen LogP contribution in [0.5, 0.6) is 0 Å².